The summed E-state index contributed by atoms with van der Waals surface area (Å²) >= 11 is 3.62. The quantitative estimate of drug-likeness (QED) is 0.839. The van der Waals surface area contributed by atoms with Crippen molar-refractivity contribution in [1.29, 1.82) is 0 Å². The molecule has 18 heavy (non-hydrogen) atoms. The number of hydrogen-bond acceptors (Lipinski definition) is 2. The molecule has 100 valence electrons. The first-order valence-corrected chi connectivity index (χ1v) is 7.23. The topological polar surface area (TPSA) is 35.2 Å². The summed E-state index contributed by atoms with van der Waals surface area (Å²) in [6.07, 6.45) is 0.820. The number of fused-ring (bicyclic) bond motifs is 1. The van der Waals surface area contributed by atoms with E-state index in [-0.39, 0.29) is 11.1 Å². The van der Waals surface area contributed by atoms with Gasteiger partial charge in [0, 0.05) is 17.5 Å². The number of hydrogen-bond donors (Lipinski definition) is 1. The molecule has 0 saturated heterocycles. The Morgan fingerprint density at radius 3 is 2.44 bits per heavy atom. The molecule has 1 aliphatic rings. The van der Waals surface area contributed by atoms with Crippen LogP contribution in [-0.4, -0.2) is 5.60 Å². The largest absolute Gasteiger partial charge is 0.486 e. The second kappa shape index (κ2) is 4.24. The smallest absolute Gasteiger partial charge is 0.139 e. The SMILES string of the molecule is CC(C)c1cc(Br)c2c(c1)C(C)(N)CC(C)(C)O2. The zero-order chi connectivity index (χ0) is 13.7. The maximum absolute atomic E-state index is 6.50. The van der Waals surface area contributed by atoms with Crippen molar-refractivity contribution in [1.82, 2.24) is 0 Å². The summed E-state index contributed by atoms with van der Waals surface area (Å²) in [5, 5.41) is 0. The molecule has 0 aromatic heterocycles. The van der Waals surface area contributed by atoms with Gasteiger partial charge in [-0.15, -0.1) is 0 Å². The zero-order valence-corrected chi connectivity index (χ0v) is 13.4. The first kappa shape index (κ1) is 13.9. The zero-order valence-electron chi connectivity index (χ0n) is 11.8. The van der Waals surface area contributed by atoms with Gasteiger partial charge in [0.05, 0.1) is 4.47 Å². The van der Waals surface area contributed by atoms with Gasteiger partial charge in [0.25, 0.3) is 0 Å². The second-order valence-corrected chi connectivity index (χ2v) is 7.34. The first-order valence-electron chi connectivity index (χ1n) is 6.44. The fraction of sp³-hybridized carbons (Fsp3) is 0.600. The number of rotatable bonds is 1. The van der Waals surface area contributed by atoms with Crippen molar-refractivity contribution in [2.75, 3.05) is 0 Å². The molecule has 2 N–H and O–H groups in total. The van der Waals surface area contributed by atoms with E-state index >= 15 is 0 Å². The van der Waals surface area contributed by atoms with Crippen LogP contribution in [0, 0.1) is 0 Å². The fourth-order valence-corrected chi connectivity index (χ4v) is 3.33. The Bertz CT molecular complexity index is 478. The highest BCUT2D eigenvalue weighted by Crippen LogP contribution is 2.46. The number of benzene rings is 1. The van der Waals surface area contributed by atoms with Crippen LogP contribution < -0.4 is 10.5 Å². The minimum absolute atomic E-state index is 0.224. The van der Waals surface area contributed by atoms with E-state index in [1.165, 1.54) is 5.56 Å². The maximum atomic E-state index is 6.50. The summed E-state index contributed by atoms with van der Waals surface area (Å²) in [5.74, 6) is 1.39. The van der Waals surface area contributed by atoms with Gasteiger partial charge >= 0.3 is 0 Å². The third-order valence-corrected chi connectivity index (χ3v) is 4.11. The van der Waals surface area contributed by atoms with E-state index in [9.17, 15) is 0 Å². The molecular formula is C15H22BrNO. The van der Waals surface area contributed by atoms with E-state index in [0.29, 0.717) is 5.92 Å². The minimum atomic E-state index is -0.343. The van der Waals surface area contributed by atoms with Crippen LogP contribution >= 0.6 is 15.9 Å². The summed E-state index contributed by atoms with van der Waals surface area (Å²) in [6.45, 7) is 10.6. The Kier molecular flexibility index (Phi) is 3.27. The molecule has 1 aliphatic heterocycles. The Balaban J connectivity index is 2.62. The van der Waals surface area contributed by atoms with Crippen molar-refractivity contribution in [2.45, 2.75) is 58.1 Å². The molecule has 1 aromatic rings. The average Bonchev–Trinajstić information content (AvgIpc) is 2.16. The van der Waals surface area contributed by atoms with Gasteiger partial charge in [-0.25, -0.2) is 0 Å². The normalized spacial score (nSPS) is 25.8. The molecule has 0 radical (unpaired) electrons. The molecule has 0 saturated carbocycles. The van der Waals surface area contributed by atoms with E-state index in [1.807, 2.05) is 0 Å². The lowest BCUT2D eigenvalue weighted by Crippen LogP contribution is -2.47. The highest BCUT2D eigenvalue weighted by Gasteiger charge is 2.40. The van der Waals surface area contributed by atoms with Gasteiger partial charge in [0.2, 0.25) is 0 Å². The highest BCUT2D eigenvalue weighted by atomic mass is 79.9. The monoisotopic (exact) mass is 311 g/mol. The van der Waals surface area contributed by atoms with Crippen LogP contribution in [0.4, 0.5) is 0 Å². The first-order chi connectivity index (χ1) is 8.12. The van der Waals surface area contributed by atoms with Crippen LogP contribution in [0.3, 0.4) is 0 Å². The van der Waals surface area contributed by atoms with Gasteiger partial charge in [-0.05, 0) is 60.3 Å². The Morgan fingerprint density at radius 1 is 1.28 bits per heavy atom. The Hall–Kier alpha value is -0.540. The Labute approximate surface area is 118 Å². The molecule has 1 atom stereocenters. The van der Waals surface area contributed by atoms with Crippen LogP contribution in [0.15, 0.2) is 16.6 Å². The van der Waals surface area contributed by atoms with E-state index in [2.05, 4.69) is 62.7 Å². The summed E-state index contributed by atoms with van der Waals surface area (Å²) in [6, 6.07) is 4.33. The summed E-state index contributed by atoms with van der Waals surface area (Å²) < 4.78 is 7.10. The van der Waals surface area contributed by atoms with Crippen LogP contribution in [0.5, 0.6) is 5.75 Å². The van der Waals surface area contributed by atoms with Gasteiger partial charge < -0.3 is 10.5 Å². The molecular weight excluding hydrogens is 290 g/mol. The van der Waals surface area contributed by atoms with E-state index < -0.39 is 0 Å². The van der Waals surface area contributed by atoms with Crippen molar-refractivity contribution in [3.8, 4) is 5.75 Å². The summed E-state index contributed by atoms with van der Waals surface area (Å²) in [5.41, 5.74) is 8.34. The Morgan fingerprint density at radius 2 is 1.89 bits per heavy atom. The van der Waals surface area contributed by atoms with Crippen molar-refractivity contribution in [3.63, 3.8) is 0 Å². The van der Waals surface area contributed by atoms with E-state index in [1.54, 1.807) is 0 Å². The molecule has 1 heterocycles. The molecule has 0 spiro atoms. The van der Waals surface area contributed by atoms with Gasteiger partial charge in [0.1, 0.15) is 11.4 Å². The molecule has 1 unspecified atom stereocenters. The number of ether oxygens (including phenoxy) is 1. The minimum Gasteiger partial charge on any atom is -0.486 e. The molecule has 0 fully saturated rings. The fourth-order valence-electron chi connectivity index (χ4n) is 2.77. The maximum Gasteiger partial charge on any atom is 0.139 e. The van der Waals surface area contributed by atoms with Crippen LogP contribution in [0.2, 0.25) is 0 Å². The number of nitrogens with two attached hydrogens (primary N) is 1. The molecule has 0 amide bonds. The van der Waals surface area contributed by atoms with E-state index in [4.69, 9.17) is 10.5 Å². The third-order valence-electron chi connectivity index (χ3n) is 3.52. The van der Waals surface area contributed by atoms with Crippen LogP contribution in [0.25, 0.3) is 0 Å². The van der Waals surface area contributed by atoms with E-state index in [0.717, 1.165) is 22.2 Å². The predicted octanol–water partition coefficient (Wildman–Crippen LogP) is 4.31. The van der Waals surface area contributed by atoms with Crippen molar-refractivity contribution < 1.29 is 4.74 Å². The molecule has 0 aliphatic carbocycles. The van der Waals surface area contributed by atoms with Crippen molar-refractivity contribution in [3.05, 3.63) is 27.7 Å². The van der Waals surface area contributed by atoms with Crippen LogP contribution in [-0.2, 0) is 5.54 Å². The molecule has 3 heteroatoms. The lowest BCUT2D eigenvalue weighted by atomic mass is 9.79. The molecule has 2 rings (SSSR count). The number of halogens is 1. The summed E-state index contributed by atoms with van der Waals surface area (Å²) in [7, 11) is 0. The van der Waals surface area contributed by atoms with Gasteiger partial charge in [0.15, 0.2) is 0 Å². The molecule has 2 nitrogen and oxygen atoms in total. The molecule has 0 bridgehead atoms. The van der Waals surface area contributed by atoms with Crippen molar-refractivity contribution in [2.24, 2.45) is 5.73 Å². The third kappa shape index (κ3) is 2.43. The lowest BCUT2D eigenvalue weighted by molar-refractivity contribution is 0.0492. The van der Waals surface area contributed by atoms with Gasteiger partial charge in [-0.3, -0.25) is 0 Å². The average molecular weight is 312 g/mol. The summed E-state index contributed by atoms with van der Waals surface area (Å²) in [4.78, 5) is 0. The van der Waals surface area contributed by atoms with Crippen LogP contribution in [0.1, 0.15) is 58.1 Å². The molecule has 1 aromatic carbocycles. The van der Waals surface area contributed by atoms with Crippen molar-refractivity contribution >= 4 is 15.9 Å². The lowest BCUT2D eigenvalue weighted by Gasteiger charge is -2.43. The standard InChI is InChI=1S/C15H22BrNO/c1-9(2)10-6-11-13(12(16)7-10)18-14(3,4)8-15(11,5)17/h6-7,9H,8,17H2,1-5H3. The highest BCUT2D eigenvalue weighted by molar-refractivity contribution is 9.10. The van der Waals surface area contributed by atoms with Gasteiger partial charge in [-0.1, -0.05) is 13.8 Å². The van der Waals surface area contributed by atoms with Gasteiger partial charge in [-0.2, -0.15) is 0 Å². The predicted molar refractivity (Wildman–Crippen MR) is 79.1 cm³/mol. The second-order valence-electron chi connectivity index (χ2n) is 6.49.